The molecule has 9 heteroatoms. The molecule has 2 N–H and O–H groups in total. The van der Waals surface area contributed by atoms with Crippen LogP contribution in [0.2, 0.25) is 0 Å². The van der Waals surface area contributed by atoms with Crippen molar-refractivity contribution in [2.24, 2.45) is 0 Å². The average molecular weight is 434 g/mol. The zero-order chi connectivity index (χ0) is 21.6. The van der Waals surface area contributed by atoms with E-state index in [9.17, 15) is 18.3 Å². The Morgan fingerprint density at radius 2 is 1.87 bits per heavy atom. The van der Waals surface area contributed by atoms with E-state index < -0.39 is 16.1 Å². The minimum absolute atomic E-state index is 0.0232. The Morgan fingerprint density at radius 3 is 2.53 bits per heavy atom. The van der Waals surface area contributed by atoms with Crippen LogP contribution in [0, 0.1) is 0 Å². The van der Waals surface area contributed by atoms with Crippen molar-refractivity contribution < 1.29 is 23.1 Å². The number of nitrogens with zero attached hydrogens (tertiary/aromatic N) is 2. The summed E-state index contributed by atoms with van der Waals surface area (Å²) in [4.78, 5) is 14.5. The molecule has 1 fully saturated rings. The zero-order valence-corrected chi connectivity index (χ0v) is 17.7. The smallest absolute Gasteiger partial charge is 0.243 e. The highest BCUT2D eigenvalue weighted by atomic mass is 32.2. The predicted octanol–water partition coefficient (Wildman–Crippen LogP) is 1.53. The Bertz CT molecular complexity index is 944. The minimum Gasteiger partial charge on any atom is -0.392 e. The van der Waals surface area contributed by atoms with Crippen LogP contribution in [0.1, 0.15) is 6.92 Å². The highest BCUT2D eigenvalue weighted by Crippen LogP contribution is 2.21. The molecule has 0 bridgehead atoms. The topological polar surface area (TPSA) is 99.2 Å². The first kappa shape index (κ1) is 22.2. The highest BCUT2D eigenvalue weighted by Gasteiger charge is 2.26. The Morgan fingerprint density at radius 1 is 1.17 bits per heavy atom. The van der Waals surface area contributed by atoms with E-state index in [1.807, 2.05) is 30.3 Å². The number of carbonyl (C=O) groups is 1. The zero-order valence-electron chi connectivity index (χ0n) is 16.9. The number of hydrogen-bond acceptors (Lipinski definition) is 6. The maximum Gasteiger partial charge on any atom is 0.243 e. The molecule has 8 nitrogen and oxygen atoms in total. The molecule has 162 valence electrons. The molecule has 1 amide bonds. The van der Waals surface area contributed by atoms with Gasteiger partial charge < -0.3 is 20.1 Å². The molecule has 1 unspecified atom stereocenters. The predicted molar refractivity (Wildman–Crippen MR) is 115 cm³/mol. The molecular weight excluding hydrogens is 406 g/mol. The molecule has 1 aliphatic rings. The van der Waals surface area contributed by atoms with Crippen LogP contribution in [0.3, 0.4) is 0 Å². The van der Waals surface area contributed by atoms with E-state index in [0.29, 0.717) is 38.5 Å². The number of carbonyl (C=O) groups excluding carboxylic acids is 1. The third kappa shape index (κ3) is 5.79. The summed E-state index contributed by atoms with van der Waals surface area (Å²) < 4.78 is 32.3. The van der Waals surface area contributed by atoms with E-state index in [2.05, 4.69) is 5.32 Å². The first-order valence-corrected chi connectivity index (χ1v) is 11.3. The lowest BCUT2D eigenvalue weighted by Gasteiger charge is -2.26. The first-order valence-electron chi connectivity index (χ1n) is 9.82. The number of anilines is 2. The van der Waals surface area contributed by atoms with E-state index >= 15 is 0 Å². The van der Waals surface area contributed by atoms with E-state index in [-0.39, 0.29) is 17.3 Å². The van der Waals surface area contributed by atoms with Gasteiger partial charge in [0.2, 0.25) is 15.9 Å². The van der Waals surface area contributed by atoms with E-state index in [1.54, 1.807) is 24.0 Å². The monoisotopic (exact) mass is 433 g/mol. The van der Waals surface area contributed by atoms with E-state index in [0.717, 1.165) is 5.69 Å². The van der Waals surface area contributed by atoms with Crippen molar-refractivity contribution in [1.29, 1.82) is 0 Å². The second kappa shape index (κ2) is 10.0. The third-order valence-corrected chi connectivity index (χ3v) is 6.56. The van der Waals surface area contributed by atoms with Crippen molar-refractivity contribution in [3.8, 4) is 0 Å². The number of hydrogen-bond donors (Lipinski definition) is 2. The largest absolute Gasteiger partial charge is 0.392 e. The Hall–Kier alpha value is -2.46. The Balaban J connectivity index is 1.71. The van der Waals surface area contributed by atoms with Gasteiger partial charge in [0.15, 0.2) is 0 Å². The maximum absolute atomic E-state index is 12.8. The molecule has 1 aliphatic heterocycles. The van der Waals surface area contributed by atoms with Gasteiger partial charge in [-0.1, -0.05) is 24.3 Å². The summed E-state index contributed by atoms with van der Waals surface area (Å²) in [5.74, 6) is -0.305. The summed E-state index contributed by atoms with van der Waals surface area (Å²) in [6.45, 7) is 3.34. The molecule has 1 heterocycles. The third-order valence-electron chi connectivity index (χ3n) is 4.67. The number of sulfonamides is 1. The fraction of sp³-hybridized carbons (Fsp3) is 0.381. The van der Waals surface area contributed by atoms with Crippen LogP contribution < -0.4 is 10.2 Å². The molecule has 2 aromatic carbocycles. The van der Waals surface area contributed by atoms with Gasteiger partial charge in [-0.3, -0.25) is 4.79 Å². The molecule has 0 aromatic heterocycles. The summed E-state index contributed by atoms with van der Waals surface area (Å²) in [5, 5.41) is 12.5. The molecule has 1 saturated heterocycles. The molecule has 2 aromatic rings. The van der Waals surface area contributed by atoms with Crippen molar-refractivity contribution in [2.75, 3.05) is 49.6 Å². The summed E-state index contributed by atoms with van der Waals surface area (Å²) in [6, 6.07) is 15.6. The number of rotatable bonds is 8. The lowest BCUT2D eigenvalue weighted by molar-refractivity contribution is -0.115. The van der Waals surface area contributed by atoms with Crippen LogP contribution in [-0.2, 0) is 19.6 Å². The van der Waals surface area contributed by atoms with Crippen molar-refractivity contribution in [3.63, 3.8) is 0 Å². The number of nitrogens with one attached hydrogen (secondary N) is 1. The van der Waals surface area contributed by atoms with Gasteiger partial charge in [0.25, 0.3) is 0 Å². The lowest BCUT2D eigenvalue weighted by atomic mass is 10.2. The number of benzene rings is 2. The van der Waals surface area contributed by atoms with Crippen LogP contribution in [0.15, 0.2) is 59.5 Å². The van der Waals surface area contributed by atoms with Crippen LogP contribution in [0.5, 0.6) is 0 Å². The van der Waals surface area contributed by atoms with Crippen LogP contribution in [0.25, 0.3) is 0 Å². The molecule has 30 heavy (non-hydrogen) atoms. The van der Waals surface area contributed by atoms with Crippen molar-refractivity contribution in [3.05, 3.63) is 54.6 Å². The van der Waals surface area contributed by atoms with Crippen molar-refractivity contribution in [2.45, 2.75) is 17.9 Å². The number of para-hydroxylation sites is 1. The van der Waals surface area contributed by atoms with Gasteiger partial charge in [-0.15, -0.1) is 0 Å². The van der Waals surface area contributed by atoms with E-state index in [1.165, 1.54) is 16.4 Å². The standard InChI is InChI=1S/C21H27N3O5S/c1-17(25)15-23(19-7-3-2-4-8-19)16-21(26)22-18-6-5-9-20(14-18)30(27,28)24-10-12-29-13-11-24/h2-9,14,17,25H,10-13,15-16H2,1H3,(H,22,26). The van der Waals surface area contributed by atoms with Crippen LogP contribution in [-0.4, -0.2) is 69.2 Å². The second-order valence-corrected chi connectivity index (χ2v) is 9.10. The SMILES string of the molecule is CC(O)CN(CC(=O)Nc1cccc(S(=O)(=O)N2CCOCC2)c1)c1ccccc1. The van der Waals surface area contributed by atoms with Gasteiger partial charge >= 0.3 is 0 Å². The molecule has 0 radical (unpaired) electrons. The summed E-state index contributed by atoms with van der Waals surface area (Å²) in [6.07, 6.45) is -0.611. The Labute approximate surface area is 177 Å². The van der Waals surface area contributed by atoms with Gasteiger partial charge in [0.1, 0.15) is 0 Å². The molecule has 0 saturated carbocycles. The summed E-state index contributed by atoms with van der Waals surface area (Å²) in [7, 11) is -3.64. The number of aliphatic hydroxyl groups excluding tert-OH is 1. The Kier molecular flexibility index (Phi) is 7.43. The van der Waals surface area contributed by atoms with Gasteiger partial charge in [0, 0.05) is 31.0 Å². The molecule has 1 atom stereocenters. The number of ether oxygens (including phenoxy) is 1. The maximum atomic E-state index is 12.8. The fourth-order valence-corrected chi connectivity index (χ4v) is 4.72. The first-order chi connectivity index (χ1) is 14.4. The number of morpholine rings is 1. The van der Waals surface area contributed by atoms with Gasteiger partial charge in [0.05, 0.1) is 30.8 Å². The number of aliphatic hydroxyl groups is 1. The van der Waals surface area contributed by atoms with Crippen molar-refractivity contribution in [1.82, 2.24) is 4.31 Å². The fourth-order valence-electron chi connectivity index (χ4n) is 3.26. The summed E-state index contributed by atoms with van der Waals surface area (Å²) in [5.41, 5.74) is 1.22. The molecule has 0 aliphatic carbocycles. The number of amides is 1. The van der Waals surface area contributed by atoms with Crippen LogP contribution in [0.4, 0.5) is 11.4 Å². The minimum atomic E-state index is -3.64. The quantitative estimate of drug-likeness (QED) is 0.655. The van der Waals surface area contributed by atoms with Gasteiger partial charge in [-0.2, -0.15) is 4.31 Å². The molecule has 3 rings (SSSR count). The van der Waals surface area contributed by atoms with E-state index in [4.69, 9.17) is 4.74 Å². The van der Waals surface area contributed by atoms with Crippen molar-refractivity contribution >= 4 is 27.3 Å². The normalized spacial score (nSPS) is 16.1. The molecule has 0 spiro atoms. The highest BCUT2D eigenvalue weighted by molar-refractivity contribution is 7.89. The lowest BCUT2D eigenvalue weighted by Crippen LogP contribution is -2.40. The average Bonchev–Trinajstić information content (AvgIpc) is 2.74. The van der Waals surface area contributed by atoms with Gasteiger partial charge in [-0.25, -0.2) is 8.42 Å². The summed E-state index contributed by atoms with van der Waals surface area (Å²) >= 11 is 0. The molecular formula is C21H27N3O5S. The second-order valence-electron chi connectivity index (χ2n) is 7.16. The van der Waals surface area contributed by atoms with Crippen LogP contribution >= 0.6 is 0 Å². The van der Waals surface area contributed by atoms with Gasteiger partial charge in [-0.05, 0) is 37.3 Å².